The number of nitrogens with two attached hydrogens (primary N) is 1. The molecule has 2 rings (SSSR count). The van der Waals surface area contributed by atoms with Crippen molar-refractivity contribution in [3.05, 3.63) is 30.1 Å². The van der Waals surface area contributed by atoms with Crippen LogP contribution in [0.3, 0.4) is 0 Å². The molecule has 138 valence electrons. The third-order valence-corrected chi connectivity index (χ3v) is 4.59. The topological polar surface area (TPSA) is 93.2 Å². The van der Waals surface area contributed by atoms with Crippen LogP contribution in [0.25, 0.3) is 11.0 Å². The van der Waals surface area contributed by atoms with E-state index in [9.17, 15) is 4.79 Å². The maximum atomic E-state index is 11.4. The van der Waals surface area contributed by atoms with Gasteiger partial charge in [-0.05, 0) is 25.0 Å². The number of hydrogen-bond acceptors (Lipinski definition) is 4. The third-order valence-electron chi connectivity index (χ3n) is 4.59. The highest BCUT2D eigenvalue weighted by Gasteiger charge is 2.16. The number of carbonyl (C=O) groups is 1. The first-order chi connectivity index (χ1) is 12.2. The van der Waals surface area contributed by atoms with E-state index in [1.165, 1.54) is 32.1 Å². The predicted molar refractivity (Wildman–Crippen MR) is 99.3 cm³/mol. The number of para-hydroxylation sites is 2. The monoisotopic (exact) mass is 346 g/mol. The van der Waals surface area contributed by atoms with Crippen LogP contribution in [0, 0.1) is 0 Å². The Balaban J connectivity index is 2.01. The Morgan fingerprint density at radius 1 is 1.24 bits per heavy atom. The molecule has 0 fully saturated rings. The summed E-state index contributed by atoms with van der Waals surface area (Å²) in [5, 5.41) is 8.68. The van der Waals surface area contributed by atoms with Crippen molar-refractivity contribution in [2.75, 3.05) is 0 Å². The molecule has 6 heteroatoms. The molecule has 0 aliphatic carbocycles. The maximum absolute atomic E-state index is 11.4. The number of imidazole rings is 1. The molecule has 1 amide bonds. The smallest absolute Gasteiger partial charge is 0.260 e. The van der Waals surface area contributed by atoms with Crippen molar-refractivity contribution in [1.29, 1.82) is 0 Å². The second-order valence-corrected chi connectivity index (χ2v) is 6.56. The number of benzene rings is 1. The van der Waals surface area contributed by atoms with Crippen molar-refractivity contribution in [2.24, 2.45) is 5.73 Å². The molecule has 0 aliphatic rings. The number of hydrogen-bond donors (Lipinski definition) is 3. The first kappa shape index (κ1) is 19.4. The number of nitrogens with one attached hydrogen (secondary N) is 1. The minimum Gasteiger partial charge on any atom is -0.328 e. The lowest BCUT2D eigenvalue weighted by molar-refractivity contribution is -0.130. The van der Waals surface area contributed by atoms with Gasteiger partial charge in [0.15, 0.2) is 0 Å². The van der Waals surface area contributed by atoms with E-state index in [2.05, 4.69) is 17.6 Å². The van der Waals surface area contributed by atoms with E-state index in [0.29, 0.717) is 12.8 Å². The summed E-state index contributed by atoms with van der Waals surface area (Å²) in [6.07, 6.45) is 8.56. The van der Waals surface area contributed by atoms with Crippen molar-refractivity contribution in [3.63, 3.8) is 0 Å². The van der Waals surface area contributed by atoms with Gasteiger partial charge in [-0.1, -0.05) is 51.2 Å². The molecule has 1 atom stereocenters. The summed E-state index contributed by atoms with van der Waals surface area (Å²) in [6, 6.07) is 7.38. The molecule has 2 aromatic rings. The Labute approximate surface area is 149 Å². The largest absolute Gasteiger partial charge is 0.328 e. The van der Waals surface area contributed by atoms with Gasteiger partial charge < -0.3 is 10.3 Å². The second kappa shape index (κ2) is 10.2. The molecule has 0 aliphatic heterocycles. The molecule has 25 heavy (non-hydrogen) atoms. The summed E-state index contributed by atoms with van der Waals surface area (Å²) >= 11 is 0. The lowest BCUT2D eigenvalue weighted by Gasteiger charge is -2.12. The van der Waals surface area contributed by atoms with Crippen molar-refractivity contribution >= 4 is 16.9 Å². The van der Waals surface area contributed by atoms with Crippen LogP contribution in [-0.2, 0) is 17.8 Å². The maximum Gasteiger partial charge on any atom is 0.260 e. The highest BCUT2D eigenvalue weighted by atomic mass is 16.5. The number of rotatable bonds is 11. The highest BCUT2D eigenvalue weighted by Crippen LogP contribution is 2.19. The van der Waals surface area contributed by atoms with Gasteiger partial charge in [-0.15, -0.1) is 0 Å². The quantitative estimate of drug-likeness (QED) is 0.331. The Morgan fingerprint density at radius 3 is 2.72 bits per heavy atom. The van der Waals surface area contributed by atoms with Crippen molar-refractivity contribution < 1.29 is 10.0 Å². The first-order valence-corrected chi connectivity index (χ1v) is 9.31. The minimum absolute atomic E-state index is 0.451. The lowest BCUT2D eigenvalue weighted by Crippen LogP contribution is -2.39. The Hall–Kier alpha value is -1.92. The zero-order chi connectivity index (χ0) is 18.1. The van der Waals surface area contributed by atoms with Crippen molar-refractivity contribution in [1.82, 2.24) is 15.0 Å². The van der Waals surface area contributed by atoms with Gasteiger partial charge in [-0.25, -0.2) is 10.5 Å². The van der Waals surface area contributed by atoms with Gasteiger partial charge in [-0.2, -0.15) is 0 Å². The van der Waals surface area contributed by atoms with Gasteiger partial charge >= 0.3 is 0 Å². The summed E-state index contributed by atoms with van der Waals surface area (Å²) in [6.45, 7) is 3.16. The molecule has 1 unspecified atom stereocenters. The summed E-state index contributed by atoms with van der Waals surface area (Å²) < 4.78 is 2.25. The third kappa shape index (κ3) is 5.54. The molecule has 1 aromatic heterocycles. The Kier molecular flexibility index (Phi) is 7.88. The average Bonchev–Trinajstić information content (AvgIpc) is 2.99. The molecule has 0 saturated heterocycles. The van der Waals surface area contributed by atoms with E-state index in [-0.39, 0.29) is 0 Å². The van der Waals surface area contributed by atoms with E-state index in [4.69, 9.17) is 15.9 Å². The van der Waals surface area contributed by atoms with Crippen LogP contribution in [0.1, 0.15) is 57.7 Å². The molecule has 1 aromatic carbocycles. The van der Waals surface area contributed by atoms with Crippen LogP contribution < -0.4 is 11.2 Å². The fourth-order valence-electron chi connectivity index (χ4n) is 3.11. The number of hydroxylamine groups is 1. The SMILES string of the molecule is CCCCCCCCn1c(CCC(N)C(=O)NO)nc2ccccc21. The fraction of sp³-hybridized carbons (Fsp3) is 0.579. The predicted octanol–water partition coefficient (Wildman–Crippen LogP) is 3.16. The highest BCUT2D eigenvalue weighted by molar-refractivity contribution is 5.80. The minimum atomic E-state index is -0.729. The van der Waals surface area contributed by atoms with Crippen LogP contribution >= 0.6 is 0 Å². The van der Waals surface area contributed by atoms with Gasteiger partial charge in [0, 0.05) is 13.0 Å². The van der Waals surface area contributed by atoms with Gasteiger partial charge in [0.2, 0.25) is 0 Å². The van der Waals surface area contributed by atoms with E-state index < -0.39 is 11.9 Å². The van der Waals surface area contributed by atoms with Gasteiger partial charge in [0.1, 0.15) is 5.82 Å². The van der Waals surface area contributed by atoms with Gasteiger partial charge in [-0.3, -0.25) is 10.0 Å². The molecule has 0 spiro atoms. The lowest BCUT2D eigenvalue weighted by atomic mass is 10.1. The molecule has 0 saturated carbocycles. The standard InChI is InChI=1S/C19H30N4O2/c1-2-3-4-5-6-9-14-23-17-11-8-7-10-16(17)21-18(23)13-12-15(20)19(24)22-25/h7-8,10-11,15,25H,2-6,9,12-14,20H2,1H3,(H,22,24). The van der Waals surface area contributed by atoms with Crippen molar-refractivity contribution in [3.8, 4) is 0 Å². The molecular formula is C19H30N4O2. The molecular weight excluding hydrogens is 316 g/mol. The summed E-state index contributed by atoms with van der Waals surface area (Å²) in [5.41, 5.74) is 9.50. The zero-order valence-electron chi connectivity index (χ0n) is 15.1. The normalized spacial score (nSPS) is 12.4. The van der Waals surface area contributed by atoms with Crippen LogP contribution in [0.2, 0.25) is 0 Å². The number of nitrogens with zero attached hydrogens (tertiary/aromatic N) is 2. The second-order valence-electron chi connectivity index (χ2n) is 6.56. The van der Waals surface area contributed by atoms with Gasteiger partial charge in [0.05, 0.1) is 17.1 Å². The van der Waals surface area contributed by atoms with E-state index >= 15 is 0 Å². The van der Waals surface area contributed by atoms with Crippen LogP contribution in [0.4, 0.5) is 0 Å². The molecule has 4 N–H and O–H groups in total. The molecule has 1 heterocycles. The van der Waals surface area contributed by atoms with Crippen LogP contribution in [0.5, 0.6) is 0 Å². The number of amides is 1. The summed E-state index contributed by atoms with van der Waals surface area (Å²) in [4.78, 5) is 16.1. The van der Waals surface area contributed by atoms with E-state index in [0.717, 1.165) is 29.8 Å². The van der Waals surface area contributed by atoms with E-state index in [1.54, 1.807) is 5.48 Å². The van der Waals surface area contributed by atoms with Crippen molar-refractivity contribution in [2.45, 2.75) is 70.9 Å². The Morgan fingerprint density at radius 2 is 1.96 bits per heavy atom. The molecule has 0 radical (unpaired) electrons. The number of fused-ring (bicyclic) bond motifs is 1. The van der Waals surface area contributed by atoms with Gasteiger partial charge in [0.25, 0.3) is 5.91 Å². The number of carbonyl (C=O) groups excluding carboxylic acids is 1. The fourth-order valence-corrected chi connectivity index (χ4v) is 3.11. The Bertz CT molecular complexity index is 668. The summed E-state index contributed by atoms with van der Waals surface area (Å²) in [5.74, 6) is 0.398. The molecule has 0 bridgehead atoms. The zero-order valence-corrected chi connectivity index (χ0v) is 15.1. The first-order valence-electron chi connectivity index (χ1n) is 9.31. The summed E-state index contributed by atoms with van der Waals surface area (Å²) in [7, 11) is 0. The van der Waals surface area contributed by atoms with Crippen LogP contribution in [0.15, 0.2) is 24.3 Å². The number of unbranched alkanes of at least 4 members (excludes halogenated alkanes) is 5. The molecule has 6 nitrogen and oxygen atoms in total. The van der Waals surface area contributed by atoms with E-state index in [1.807, 2.05) is 18.2 Å². The number of aromatic nitrogens is 2. The van der Waals surface area contributed by atoms with Crippen LogP contribution in [-0.4, -0.2) is 26.7 Å². The number of aryl methyl sites for hydroxylation is 2. The average molecular weight is 346 g/mol.